The molecule has 1 N–H and O–H groups in total. The summed E-state index contributed by atoms with van der Waals surface area (Å²) in [4.78, 5) is 12.0. The lowest BCUT2D eigenvalue weighted by Gasteiger charge is -2.12. The first-order chi connectivity index (χ1) is 13.5. The number of nitrogens with zero attached hydrogens (tertiary/aromatic N) is 3. The zero-order valence-corrected chi connectivity index (χ0v) is 17.6. The van der Waals surface area contributed by atoms with Crippen LogP contribution in [0.3, 0.4) is 0 Å². The van der Waals surface area contributed by atoms with Crippen LogP contribution in [0.1, 0.15) is 36.4 Å². The van der Waals surface area contributed by atoms with Crippen molar-refractivity contribution in [2.24, 2.45) is 5.92 Å². The summed E-state index contributed by atoms with van der Waals surface area (Å²) >= 11 is 1.65. The number of carbonyl (C=O) groups excluding carboxylic acids is 1. The summed E-state index contributed by atoms with van der Waals surface area (Å²) in [6.45, 7) is 8.29. The molecule has 0 bridgehead atoms. The van der Waals surface area contributed by atoms with Crippen LogP contribution in [-0.4, -0.2) is 20.7 Å². The maximum atomic E-state index is 12.0. The zero-order chi connectivity index (χ0) is 20.1. The number of aryl methyl sites for hydroxylation is 2. The molecule has 1 aromatic heterocycles. The molecule has 146 valence electrons. The average molecular weight is 395 g/mol. The molecule has 0 spiro atoms. The van der Waals surface area contributed by atoms with Crippen LogP contribution in [-0.2, 0) is 17.1 Å². The van der Waals surface area contributed by atoms with Crippen LogP contribution in [0.4, 0.5) is 0 Å². The first kappa shape index (κ1) is 20.1. The Balaban J connectivity index is 1.87. The average Bonchev–Trinajstić information content (AvgIpc) is 3.08. The van der Waals surface area contributed by atoms with E-state index in [9.17, 15) is 4.79 Å². The maximum absolute atomic E-state index is 12.0. The minimum Gasteiger partial charge on any atom is -0.349 e. The van der Waals surface area contributed by atoms with Crippen molar-refractivity contribution in [3.63, 3.8) is 0 Å². The van der Waals surface area contributed by atoms with Gasteiger partial charge in [0.2, 0.25) is 5.91 Å². The Labute approximate surface area is 170 Å². The van der Waals surface area contributed by atoms with Crippen LogP contribution in [0.25, 0.3) is 5.69 Å². The largest absolute Gasteiger partial charge is 0.349 e. The summed E-state index contributed by atoms with van der Waals surface area (Å²) in [6, 6.07) is 16.6. The fourth-order valence-electron chi connectivity index (χ4n) is 2.75. The zero-order valence-electron chi connectivity index (χ0n) is 16.8. The summed E-state index contributed by atoms with van der Waals surface area (Å²) in [5.74, 6) is 1.48. The Morgan fingerprint density at radius 3 is 2.46 bits per heavy atom. The van der Waals surface area contributed by atoms with Gasteiger partial charge in [0, 0.05) is 17.4 Å². The van der Waals surface area contributed by atoms with E-state index in [4.69, 9.17) is 0 Å². The van der Waals surface area contributed by atoms with Crippen molar-refractivity contribution in [2.45, 2.75) is 45.1 Å². The van der Waals surface area contributed by atoms with E-state index >= 15 is 0 Å². The molecule has 0 aliphatic rings. The smallest absolute Gasteiger partial charge is 0.222 e. The second-order valence-electron chi connectivity index (χ2n) is 7.16. The first-order valence-electron chi connectivity index (χ1n) is 9.42. The molecule has 6 heteroatoms. The van der Waals surface area contributed by atoms with Crippen molar-refractivity contribution >= 4 is 17.7 Å². The van der Waals surface area contributed by atoms with E-state index < -0.39 is 0 Å². The molecular weight excluding hydrogens is 368 g/mol. The highest BCUT2D eigenvalue weighted by Crippen LogP contribution is 2.26. The van der Waals surface area contributed by atoms with Crippen LogP contribution in [0.5, 0.6) is 0 Å². The predicted molar refractivity (Wildman–Crippen MR) is 114 cm³/mol. The lowest BCUT2D eigenvalue weighted by atomic mass is 10.1. The standard InChI is InChI=1S/C22H26N4OS/c1-15(2)21(27)23-13-20-24-25-22(26(20)19-11-9-16(3)10-12-19)28-14-18-8-6-5-7-17(18)4/h5-12,15H,13-14H2,1-4H3,(H,23,27). The normalized spacial score (nSPS) is 11.0. The quantitative estimate of drug-likeness (QED) is 0.602. The Hall–Kier alpha value is -2.60. The number of amides is 1. The van der Waals surface area contributed by atoms with Crippen molar-refractivity contribution in [3.05, 3.63) is 71.0 Å². The van der Waals surface area contributed by atoms with Crippen LogP contribution < -0.4 is 5.32 Å². The second-order valence-corrected chi connectivity index (χ2v) is 8.10. The third-order valence-electron chi connectivity index (χ3n) is 4.56. The SMILES string of the molecule is Cc1ccc(-n2c(CNC(=O)C(C)C)nnc2SCc2ccccc2C)cc1. The van der Waals surface area contributed by atoms with E-state index in [1.807, 2.05) is 24.5 Å². The van der Waals surface area contributed by atoms with Gasteiger partial charge in [-0.15, -0.1) is 10.2 Å². The number of hydrogen-bond donors (Lipinski definition) is 1. The maximum Gasteiger partial charge on any atom is 0.222 e. The van der Waals surface area contributed by atoms with Crippen molar-refractivity contribution in [3.8, 4) is 5.69 Å². The van der Waals surface area contributed by atoms with Gasteiger partial charge in [0.25, 0.3) is 0 Å². The van der Waals surface area contributed by atoms with Crippen LogP contribution in [0, 0.1) is 19.8 Å². The van der Waals surface area contributed by atoms with Gasteiger partial charge < -0.3 is 5.32 Å². The predicted octanol–water partition coefficient (Wildman–Crippen LogP) is 4.45. The Bertz CT molecular complexity index is 947. The highest BCUT2D eigenvalue weighted by atomic mass is 32.2. The molecule has 3 aromatic rings. The molecule has 1 heterocycles. The van der Waals surface area contributed by atoms with Crippen LogP contribution in [0.2, 0.25) is 0 Å². The number of nitrogens with one attached hydrogen (secondary N) is 1. The highest BCUT2D eigenvalue weighted by Gasteiger charge is 2.16. The van der Waals surface area contributed by atoms with Crippen molar-refractivity contribution in [1.29, 1.82) is 0 Å². The molecule has 0 saturated heterocycles. The summed E-state index contributed by atoms with van der Waals surface area (Å²) in [6.07, 6.45) is 0. The molecule has 28 heavy (non-hydrogen) atoms. The van der Waals surface area contributed by atoms with E-state index in [1.165, 1.54) is 16.7 Å². The fourth-order valence-corrected chi connectivity index (χ4v) is 3.79. The van der Waals surface area contributed by atoms with E-state index in [1.54, 1.807) is 11.8 Å². The lowest BCUT2D eigenvalue weighted by Crippen LogP contribution is -2.28. The fraction of sp³-hybridized carbons (Fsp3) is 0.318. The molecule has 0 radical (unpaired) electrons. The van der Waals surface area contributed by atoms with Gasteiger partial charge in [0.05, 0.1) is 6.54 Å². The number of hydrogen-bond acceptors (Lipinski definition) is 4. The topological polar surface area (TPSA) is 59.8 Å². The Morgan fingerprint density at radius 1 is 1.07 bits per heavy atom. The minimum absolute atomic E-state index is 0.00701. The van der Waals surface area contributed by atoms with Gasteiger partial charge in [-0.25, -0.2) is 0 Å². The minimum atomic E-state index is -0.0642. The second kappa shape index (κ2) is 9.06. The van der Waals surface area contributed by atoms with Crippen molar-refractivity contribution < 1.29 is 4.79 Å². The van der Waals surface area contributed by atoms with E-state index in [2.05, 4.69) is 71.8 Å². The molecule has 0 atom stereocenters. The monoisotopic (exact) mass is 394 g/mol. The van der Waals surface area contributed by atoms with E-state index in [-0.39, 0.29) is 11.8 Å². The Kier molecular flexibility index (Phi) is 6.52. The molecule has 0 aliphatic carbocycles. The number of thioether (sulfide) groups is 1. The molecule has 5 nitrogen and oxygen atoms in total. The summed E-state index contributed by atoms with van der Waals surface area (Å²) < 4.78 is 2.03. The number of rotatable bonds is 7. The molecular formula is C22H26N4OS. The number of benzene rings is 2. The molecule has 0 unspecified atom stereocenters. The van der Waals surface area contributed by atoms with Gasteiger partial charge in [-0.3, -0.25) is 9.36 Å². The van der Waals surface area contributed by atoms with Crippen molar-refractivity contribution in [1.82, 2.24) is 20.1 Å². The molecule has 2 aromatic carbocycles. The molecule has 0 saturated carbocycles. The lowest BCUT2D eigenvalue weighted by molar-refractivity contribution is -0.124. The third kappa shape index (κ3) is 4.81. The van der Waals surface area contributed by atoms with Gasteiger partial charge in [0.1, 0.15) is 0 Å². The number of aromatic nitrogens is 3. The van der Waals surface area contributed by atoms with Gasteiger partial charge in [-0.05, 0) is 37.1 Å². The van der Waals surface area contributed by atoms with Crippen molar-refractivity contribution in [2.75, 3.05) is 0 Å². The van der Waals surface area contributed by atoms with Gasteiger partial charge in [-0.2, -0.15) is 0 Å². The van der Waals surface area contributed by atoms with E-state index in [0.29, 0.717) is 6.54 Å². The third-order valence-corrected chi connectivity index (χ3v) is 5.53. The number of carbonyl (C=O) groups is 1. The van der Waals surface area contributed by atoms with Gasteiger partial charge in [-0.1, -0.05) is 67.6 Å². The Morgan fingerprint density at radius 2 is 1.79 bits per heavy atom. The molecule has 0 aliphatic heterocycles. The van der Waals surface area contributed by atoms with Crippen LogP contribution in [0.15, 0.2) is 53.7 Å². The molecule has 3 rings (SSSR count). The molecule has 0 fully saturated rings. The summed E-state index contributed by atoms with van der Waals surface area (Å²) in [5, 5.41) is 12.5. The highest BCUT2D eigenvalue weighted by molar-refractivity contribution is 7.98. The molecule has 1 amide bonds. The first-order valence-corrected chi connectivity index (χ1v) is 10.4. The summed E-state index contributed by atoms with van der Waals surface area (Å²) in [7, 11) is 0. The van der Waals surface area contributed by atoms with Gasteiger partial charge >= 0.3 is 0 Å². The van der Waals surface area contributed by atoms with Gasteiger partial charge in [0.15, 0.2) is 11.0 Å². The summed E-state index contributed by atoms with van der Waals surface area (Å²) in [5.41, 5.74) is 4.73. The van der Waals surface area contributed by atoms with Crippen LogP contribution >= 0.6 is 11.8 Å². The van der Waals surface area contributed by atoms with E-state index in [0.717, 1.165) is 22.4 Å².